The molecule has 1 heterocycles. The van der Waals surface area contributed by atoms with Gasteiger partial charge in [0, 0.05) is 28.0 Å². The fourth-order valence-electron chi connectivity index (χ4n) is 2.65. The van der Waals surface area contributed by atoms with E-state index in [9.17, 15) is 4.39 Å². The molecule has 1 saturated heterocycles. The van der Waals surface area contributed by atoms with Gasteiger partial charge in [-0.1, -0.05) is 19.9 Å². The van der Waals surface area contributed by atoms with Crippen LogP contribution < -0.4 is 5.32 Å². The van der Waals surface area contributed by atoms with E-state index in [0.29, 0.717) is 21.0 Å². The van der Waals surface area contributed by atoms with Gasteiger partial charge in [-0.15, -0.1) is 0 Å². The molecule has 5 heteroatoms. The van der Waals surface area contributed by atoms with Crippen LogP contribution in [0.1, 0.15) is 25.8 Å². The zero-order valence-electron chi connectivity index (χ0n) is 12.6. The number of benzene rings is 1. The first-order valence-corrected chi connectivity index (χ1v) is 10.4. The van der Waals surface area contributed by atoms with Crippen LogP contribution in [0.4, 0.5) is 4.39 Å². The lowest BCUT2D eigenvalue weighted by Gasteiger charge is -2.35. The van der Waals surface area contributed by atoms with Crippen molar-refractivity contribution in [2.45, 2.75) is 43.2 Å². The number of rotatable bonds is 6. The van der Waals surface area contributed by atoms with E-state index in [0.717, 1.165) is 19.4 Å². The lowest BCUT2D eigenvalue weighted by molar-refractivity contribution is 0.486. The summed E-state index contributed by atoms with van der Waals surface area (Å²) in [6.07, 6.45) is 2.10. The van der Waals surface area contributed by atoms with Crippen molar-refractivity contribution >= 4 is 39.5 Å². The first-order chi connectivity index (χ1) is 10.1. The van der Waals surface area contributed by atoms with Gasteiger partial charge in [0.25, 0.3) is 0 Å². The zero-order valence-corrected chi connectivity index (χ0v) is 15.8. The van der Waals surface area contributed by atoms with Gasteiger partial charge in [-0.3, -0.25) is 0 Å². The van der Waals surface area contributed by atoms with Crippen LogP contribution in [0.15, 0.2) is 22.7 Å². The van der Waals surface area contributed by atoms with Crippen LogP contribution in [0, 0.1) is 5.82 Å². The maximum absolute atomic E-state index is 13.4. The summed E-state index contributed by atoms with van der Waals surface area (Å²) < 4.78 is 13.9. The number of halogens is 2. The number of thioether (sulfide) groups is 2. The van der Waals surface area contributed by atoms with E-state index in [1.165, 1.54) is 17.1 Å². The van der Waals surface area contributed by atoms with Crippen molar-refractivity contribution in [3.05, 3.63) is 34.1 Å². The van der Waals surface area contributed by atoms with Gasteiger partial charge in [0.05, 0.1) is 4.47 Å². The van der Waals surface area contributed by atoms with Crippen LogP contribution in [0.2, 0.25) is 0 Å². The SMILES string of the molecule is CCCNC(Cc1ccc(F)c(Br)c1)C1SCCSC1C. The van der Waals surface area contributed by atoms with Crippen LogP contribution in [-0.2, 0) is 6.42 Å². The fourth-order valence-corrected chi connectivity index (χ4v) is 6.03. The predicted molar refractivity (Wildman–Crippen MR) is 98.1 cm³/mol. The lowest BCUT2D eigenvalue weighted by Crippen LogP contribution is -2.46. The van der Waals surface area contributed by atoms with Crippen molar-refractivity contribution in [1.82, 2.24) is 5.32 Å². The molecule has 21 heavy (non-hydrogen) atoms. The Morgan fingerprint density at radius 3 is 2.81 bits per heavy atom. The van der Waals surface area contributed by atoms with E-state index >= 15 is 0 Å². The van der Waals surface area contributed by atoms with Gasteiger partial charge in [0.15, 0.2) is 0 Å². The molecule has 2 rings (SSSR count). The van der Waals surface area contributed by atoms with Gasteiger partial charge in [0.1, 0.15) is 5.82 Å². The third-order valence-electron chi connectivity index (χ3n) is 3.73. The molecule has 1 aromatic carbocycles. The normalized spacial score (nSPS) is 24.0. The first kappa shape index (κ1) is 17.6. The molecule has 1 aromatic rings. The van der Waals surface area contributed by atoms with E-state index in [2.05, 4.69) is 58.6 Å². The van der Waals surface area contributed by atoms with E-state index < -0.39 is 0 Å². The highest BCUT2D eigenvalue weighted by Gasteiger charge is 2.30. The maximum Gasteiger partial charge on any atom is 0.137 e. The van der Waals surface area contributed by atoms with Gasteiger partial charge in [-0.05, 0) is 53.0 Å². The summed E-state index contributed by atoms with van der Waals surface area (Å²) in [5, 5.41) is 5.00. The van der Waals surface area contributed by atoms with E-state index in [-0.39, 0.29) is 5.82 Å². The minimum absolute atomic E-state index is 0.187. The smallest absolute Gasteiger partial charge is 0.137 e. The highest BCUT2D eigenvalue weighted by atomic mass is 79.9. The molecular weight excluding hydrogens is 369 g/mol. The number of hydrogen-bond donors (Lipinski definition) is 1. The van der Waals surface area contributed by atoms with Crippen molar-refractivity contribution in [2.75, 3.05) is 18.1 Å². The standard InChI is InChI=1S/C16H23BrFNS2/c1-3-6-19-15(16-11(2)20-7-8-21-16)10-12-4-5-14(18)13(17)9-12/h4-5,9,11,15-16,19H,3,6-8,10H2,1-2H3. The molecule has 118 valence electrons. The number of nitrogens with one attached hydrogen (secondary N) is 1. The van der Waals surface area contributed by atoms with Crippen molar-refractivity contribution in [3.63, 3.8) is 0 Å². The molecule has 0 saturated carbocycles. The Morgan fingerprint density at radius 1 is 1.38 bits per heavy atom. The molecule has 3 atom stereocenters. The van der Waals surface area contributed by atoms with Gasteiger partial charge < -0.3 is 5.32 Å². The largest absolute Gasteiger partial charge is 0.313 e. The zero-order chi connectivity index (χ0) is 15.2. The second-order valence-electron chi connectivity index (χ2n) is 5.42. The molecule has 0 aliphatic carbocycles. The Labute approximate surface area is 144 Å². The molecule has 0 radical (unpaired) electrons. The molecule has 0 aromatic heterocycles. The third kappa shape index (κ3) is 5.15. The molecule has 1 fully saturated rings. The van der Waals surface area contributed by atoms with Gasteiger partial charge in [-0.2, -0.15) is 23.5 Å². The molecular formula is C16H23BrFNS2. The topological polar surface area (TPSA) is 12.0 Å². The summed E-state index contributed by atoms with van der Waals surface area (Å²) in [4.78, 5) is 0. The lowest BCUT2D eigenvalue weighted by atomic mass is 10.0. The quantitative estimate of drug-likeness (QED) is 0.751. The summed E-state index contributed by atoms with van der Waals surface area (Å²) in [5.41, 5.74) is 1.19. The fraction of sp³-hybridized carbons (Fsp3) is 0.625. The van der Waals surface area contributed by atoms with Gasteiger partial charge in [-0.25, -0.2) is 4.39 Å². The van der Waals surface area contributed by atoms with Crippen LogP contribution >= 0.6 is 39.5 Å². The van der Waals surface area contributed by atoms with Crippen molar-refractivity contribution < 1.29 is 4.39 Å². The summed E-state index contributed by atoms with van der Waals surface area (Å²) in [7, 11) is 0. The van der Waals surface area contributed by atoms with E-state index in [1.54, 1.807) is 6.07 Å². The van der Waals surface area contributed by atoms with Gasteiger partial charge >= 0.3 is 0 Å². The molecule has 1 N–H and O–H groups in total. The molecule has 1 nitrogen and oxygen atoms in total. The average molecular weight is 392 g/mol. The molecule has 0 spiro atoms. The minimum Gasteiger partial charge on any atom is -0.313 e. The Morgan fingerprint density at radius 2 is 2.14 bits per heavy atom. The Balaban J connectivity index is 2.09. The van der Waals surface area contributed by atoms with E-state index in [1.807, 2.05) is 12.1 Å². The van der Waals surface area contributed by atoms with E-state index in [4.69, 9.17) is 0 Å². The third-order valence-corrected chi connectivity index (χ3v) is 7.59. The Hall–Kier alpha value is 0.290. The average Bonchev–Trinajstić information content (AvgIpc) is 2.48. The first-order valence-electron chi connectivity index (χ1n) is 7.52. The summed E-state index contributed by atoms with van der Waals surface area (Å²) >= 11 is 7.45. The van der Waals surface area contributed by atoms with Gasteiger partial charge in [0.2, 0.25) is 0 Å². The van der Waals surface area contributed by atoms with Crippen molar-refractivity contribution in [1.29, 1.82) is 0 Å². The highest BCUT2D eigenvalue weighted by Crippen LogP contribution is 2.34. The van der Waals surface area contributed by atoms with Crippen LogP contribution in [0.3, 0.4) is 0 Å². The molecule has 0 bridgehead atoms. The maximum atomic E-state index is 13.4. The van der Waals surface area contributed by atoms with Crippen LogP contribution in [0.5, 0.6) is 0 Å². The summed E-state index contributed by atoms with van der Waals surface area (Å²) in [6.45, 7) is 5.58. The van der Waals surface area contributed by atoms with Crippen molar-refractivity contribution in [3.8, 4) is 0 Å². The molecule has 0 amide bonds. The summed E-state index contributed by atoms with van der Waals surface area (Å²) in [6, 6.07) is 5.84. The molecule has 3 unspecified atom stereocenters. The number of hydrogen-bond acceptors (Lipinski definition) is 3. The highest BCUT2D eigenvalue weighted by molar-refractivity contribution is 9.10. The van der Waals surface area contributed by atoms with Crippen LogP contribution in [-0.4, -0.2) is 34.6 Å². The van der Waals surface area contributed by atoms with Crippen LogP contribution in [0.25, 0.3) is 0 Å². The molecule has 1 aliphatic rings. The predicted octanol–water partition coefficient (Wildman–Crippen LogP) is 4.74. The Kier molecular flexibility index (Phi) is 7.39. The summed E-state index contributed by atoms with van der Waals surface area (Å²) in [5.74, 6) is 2.30. The Bertz CT molecular complexity index is 458. The molecule has 1 aliphatic heterocycles. The minimum atomic E-state index is -0.187. The second kappa shape index (κ2) is 8.80. The second-order valence-corrected chi connectivity index (χ2v) is 9.05. The monoisotopic (exact) mass is 391 g/mol. The van der Waals surface area contributed by atoms with Crippen molar-refractivity contribution in [2.24, 2.45) is 0 Å².